The zero-order valence-electron chi connectivity index (χ0n) is 11.6. The Morgan fingerprint density at radius 1 is 1.45 bits per heavy atom. The van der Waals surface area contributed by atoms with E-state index in [0.29, 0.717) is 18.4 Å². The molecule has 0 saturated heterocycles. The molecule has 0 unspecified atom stereocenters. The predicted octanol–water partition coefficient (Wildman–Crippen LogP) is 1.53. The van der Waals surface area contributed by atoms with Gasteiger partial charge < -0.3 is 15.2 Å². The van der Waals surface area contributed by atoms with Crippen LogP contribution in [0.4, 0.5) is 0 Å². The molecule has 1 aromatic heterocycles. The lowest BCUT2D eigenvalue weighted by Gasteiger charge is -2.41. The number of carbonyl (C=O) groups excluding carboxylic acids is 1. The third-order valence-electron chi connectivity index (χ3n) is 3.62. The van der Waals surface area contributed by atoms with E-state index in [9.17, 15) is 9.59 Å². The Morgan fingerprint density at radius 3 is 2.65 bits per heavy atom. The number of aryl methyl sites for hydroxylation is 1. The molecule has 1 aliphatic carbocycles. The van der Waals surface area contributed by atoms with Crippen LogP contribution in [0.25, 0.3) is 0 Å². The van der Waals surface area contributed by atoms with Crippen LogP contribution in [0.5, 0.6) is 5.88 Å². The van der Waals surface area contributed by atoms with Crippen molar-refractivity contribution < 1.29 is 19.4 Å². The van der Waals surface area contributed by atoms with Crippen molar-refractivity contribution in [2.24, 2.45) is 0 Å². The Kier molecular flexibility index (Phi) is 3.92. The van der Waals surface area contributed by atoms with E-state index in [0.717, 1.165) is 12.1 Å². The summed E-state index contributed by atoms with van der Waals surface area (Å²) in [5.74, 6) is -0.985. The summed E-state index contributed by atoms with van der Waals surface area (Å²) in [5.41, 5.74) is 0.454. The first kappa shape index (κ1) is 14.3. The lowest BCUT2D eigenvalue weighted by Crippen LogP contribution is -2.54. The Balaban J connectivity index is 2.17. The van der Waals surface area contributed by atoms with E-state index >= 15 is 0 Å². The molecule has 6 heteroatoms. The zero-order chi connectivity index (χ0) is 14.8. The molecular weight excluding hydrogens is 260 g/mol. The van der Waals surface area contributed by atoms with Crippen molar-refractivity contribution in [1.29, 1.82) is 0 Å². The van der Waals surface area contributed by atoms with Gasteiger partial charge in [-0.25, -0.2) is 4.98 Å². The summed E-state index contributed by atoms with van der Waals surface area (Å²) in [7, 11) is 1.45. The number of hydrogen-bond acceptors (Lipinski definition) is 4. The molecule has 2 rings (SSSR count). The molecule has 6 nitrogen and oxygen atoms in total. The Morgan fingerprint density at radius 2 is 2.15 bits per heavy atom. The van der Waals surface area contributed by atoms with Gasteiger partial charge in [-0.1, -0.05) is 0 Å². The van der Waals surface area contributed by atoms with Gasteiger partial charge >= 0.3 is 5.97 Å². The van der Waals surface area contributed by atoms with Crippen LogP contribution in [0.15, 0.2) is 12.1 Å². The minimum absolute atomic E-state index is 0.0552. The molecule has 0 bridgehead atoms. The van der Waals surface area contributed by atoms with Gasteiger partial charge in [-0.2, -0.15) is 0 Å². The van der Waals surface area contributed by atoms with E-state index in [1.54, 1.807) is 12.1 Å². The summed E-state index contributed by atoms with van der Waals surface area (Å²) in [5, 5.41) is 11.8. The number of pyridine rings is 1. The van der Waals surface area contributed by atoms with E-state index in [1.165, 1.54) is 7.11 Å². The van der Waals surface area contributed by atoms with Crippen LogP contribution in [0.3, 0.4) is 0 Å². The molecule has 0 atom stereocenters. The third-order valence-corrected chi connectivity index (χ3v) is 3.62. The fourth-order valence-corrected chi connectivity index (χ4v) is 2.41. The smallest absolute Gasteiger partial charge is 0.305 e. The highest BCUT2D eigenvalue weighted by Crippen LogP contribution is 2.35. The maximum atomic E-state index is 12.3. The van der Waals surface area contributed by atoms with Crippen LogP contribution in [-0.4, -0.2) is 34.6 Å². The first-order valence-corrected chi connectivity index (χ1v) is 6.52. The lowest BCUT2D eigenvalue weighted by molar-refractivity contribution is -0.139. The second-order valence-electron chi connectivity index (χ2n) is 5.17. The molecule has 0 spiro atoms. The lowest BCUT2D eigenvalue weighted by atomic mass is 9.74. The van der Waals surface area contributed by atoms with Crippen LogP contribution in [-0.2, 0) is 4.79 Å². The van der Waals surface area contributed by atoms with Gasteiger partial charge in [0.05, 0.1) is 19.1 Å². The van der Waals surface area contributed by atoms with Gasteiger partial charge in [-0.15, -0.1) is 0 Å². The number of carboxylic acids is 1. The van der Waals surface area contributed by atoms with Crippen LogP contribution in [0.2, 0.25) is 0 Å². The van der Waals surface area contributed by atoms with Crippen molar-refractivity contribution in [3.05, 3.63) is 23.4 Å². The van der Waals surface area contributed by atoms with Crippen molar-refractivity contribution in [1.82, 2.24) is 10.3 Å². The summed E-state index contributed by atoms with van der Waals surface area (Å²) in [6.45, 7) is 1.81. The number of nitrogens with one attached hydrogen (secondary N) is 1. The summed E-state index contributed by atoms with van der Waals surface area (Å²) in [6.07, 6.45) is 2.25. The number of aromatic nitrogens is 1. The highest BCUT2D eigenvalue weighted by atomic mass is 16.5. The normalized spacial score (nSPS) is 16.1. The number of aliphatic carboxylic acids is 1. The molecule has 1 heterocycles. The molecule has 0 aliphatic heterocycles. The highest BCUT2D eigenvalue weighted by molar-refractivity contribution is 5.97. The van der Waals surface area contributed by atoms with Crippen LogP contribution < -0.4 is 10.1 Å². The second kappa shape index (κ2) is 5.48. The maximum Gasteiger partial charge on any atom is 0.305 e. The van der Waals surface area contributed by atoms with Crippen molar-refractivity contribution in [3.63, 3.8) is 0 Å². The van der Waals surface area contributed by atoms with Crippen LogP contribution in [0, 0.1) is 6.92 Å². The van der Waals surface area contributed by atoms with Gasteiger partial charge in [-0.3, -0.25) is 9.59 Å². The minimum atomic E-state index is -0.904. The number of ether oxygens (including phenoxy) is 1. The average molecular weight is 278 g/mol. The van der Waals surface area contributed by atoms with E-state index in [4.69, 9.17) is 9.84 Å². The van der Waals surface area contributed by atoms with Gasteiger partial charge in [0, 0.05) is 5.69 Å². The number of hydrogen-bond donors (Lipinski definition) is 2. The van der Waals surface area contributed by atoms with Crippen molar-refractivity contribution in [2.75, 3.05) is 7.11 Å². The van der Waals surface area contributed by atoms with Gasteiger partial charge in [0.2, 0.25) is 5.88 Å². The predicted molar refractivity (Wildman–Crippen MR) is 71.8 cm³/mol. The first-order valence-electron chi connectivity index (χ1n) is 6.52. The van der Waals surface area contributed by atoms with Crippen LogP contribution >= 0.6 is 0 Å². The number of amides is 1. The molecule has 1 amide bonds. The average Bonchev–Trinajstić information content (AvgIpc) is 2.35. The van der Waals surface area contributed by atoms with Crippen molar-refractivity contribution in [3.8, 4) is 5.88 Å². The Labute approximate surface area is 117 Å². The van der Waals surface area contributed by atoms with E-state index in [2.05, 4.69) is 10.3 Å². The first-order chi connectivity index (χ1) is 9.46. The van der Waals surface area contributed by atoms with Crippen molar-refractivity contribution >= 4 is 11.9 Å². The topological polar surface area (TPSA) is 88.5 Å². The maximum absolute atomic E-state index is 12.3. The molecule has 0 radical (unpaired) electrons. The molecule has 1 fully saturated rings. The molecule has 1 aliphatic rings. The van der Waals surface area contributed by atoms with Gasteiger partial charge in [0.15, 0.2) is 0 Å². The van der Waals surface area contributed by atoms with Gasteiger partial charge in [0.25, 0.3) is 5.91 Å². The Hall–Kier alpha value is -2.11. The summed E-state index contributed by atoms with van der Waals surface area (Å²) >= 11 is 0. The molecule has 0 aromatic carbocycles. The summed E-state index contributed by atoms with van der Waals surface area (Å²) in [4.78, 5) is 27.4. The Bertz CT molecular complexity index is 538. The third kappa shape index (κ3) is 2.89. The molecule has 2 N–H and O–H groups in total. The molecular formula is C14H18N2O4. The number of carbonyl (C=O) groups is 2. The van der Waals surface area contributed by atoms with E-state index in [-0.39, 0.29) is 18.2 Å². The standard InChI is InChI=1S/C14H18N2O4/c1-9-4-5-10(13(15-9)20-2)12(19)16-14(6-3-7-14)8-11(17)18/h4-5H,3,6-8H2,1-2H3,(H,16,19)(H,17,18). The largest absolute Gasteiger partial charge is 0.481 e. The monoisotopic (exact) mass is 278 g/mol. The number of methoxy groups -OCH3 is 1. The summed E-state index contributed by atoms with van der Waals surface area (Å²) in [6, 6.07) is 3.37. The quantitative estimate of drug-likeness (QED) is 0.852. The highest BCUT2D eigenvalue weighted by Gasteiger charge is 2.40. The van der Waals surface area contributed by atoms with E-state index in [1.807, 2.05) is 6.92 Å². The fraction of sp³-hybridized carbons (Fsp3) is 0.500. The van der Waals surface area contributed by atoms with Gasteiger partial charge in [-0.05, 0) is 38.3 Å². The van der Waals surface area contributed by atoms with Gasteiger partial charge in [0.1, 0.15) is 5.56 Å². The second-order valence-corrected chi connectivity index (χ2v) is 5.17. The van der Waals surface area contributed by atoms with Crippen LogP contribution in [0.1, 0.15) is 41.7 Å². The SMILES string of the molecule is COc1nc(C)ccc1C(=O)NC1(CC(=O)O)CCC1. The molecule has 108 valence electrons. The molecule has 20 heavy (non-hydrogen) atoms. The minimum Gasteiger partial charge on any atom is -0.481 e. The molecule has 1 aromatic rings. The zero-order valence-corrected chi connectivity index (χ0v) is 11.6. The number of rotatable bonds is 5. The molecule has 1 saturated carbocycles. The van der Waals surface area contributed by atoms with E-state index < -0.39 is 11.5 Å². The van der Waals surface area contributed by atoms with Crippen molar-refractivity contribution in [2.45, 2.75) is 38.1 Å². The number of nitrogens with zero attached hydrogens (tertiary/aromatic N) is 1. The fourth-order valence-electron chi connectivity index (χ4n) is 2.41. The summed E-state index contributed by atoms with van der Waals surface area (Å²) < 4.78 is 5.11. The number of carboxylic acid groups (broad SMARTS) is 1.